The smallest absolute Gasteiger partial charge is 0.0731 e. The zero-order valence-corrected chi connectivity index (χ0v) is 25.7. The predicted molar refractivity (Wildman–Crippen MR) is 193 cm³/mol. The molecule has 0 fully saturated rings. The van der Waals surface area contributed by atoms with E-state index in [1.807, 2.05) is 11.8 Å². The van der Waals surface area contributed by atoms with E-state index in [4.69, 9.17) is 0 Å². The zero-order chi connectivity index (χ0) is 30.0. The Kier molecular flexibility index (Phi) is 4.80. The van der Waals surface area contributed by atoms with Crippen LogP contribution in [0.2, 0.25) is 0 Å². The van der Waals surface area contributed by atoms with E-state index in [2.05, 4.69) is 158 Å². The quantitative estimate of drug-likeness (QED) is 0.181. The van der Waals surface area contributed by atoms with Crippen molar-refractivity contribution in [2.24, 2.45) is 0 Å². The average molecular weight is 599 g/mol. The maximum atomic E-state index is 2.45. The van der Waals surface area contributed by atoms with Crippen molar-refractivity contribution in [3.8, 4) is 44.5 Å². The SMILES string of the molecule is c1ccc2c(c1)-c1cccc(-c3ccc4c(c3)Sc3cccc5cccc-4c35)c1C21c2ccccc2-c2cccc3cccc1c23. The third kappa shape index (κ3) is 2.97. The van der Waals surface area contributed by atoms with Gasteiger partial charge in [0.05, 0.1) is 5.41 Å². The normalized spacial score (nSPS) is 16.3. The van der Waals surface area contributed by atoms with Gasteiger partial charge in [-0.25, -0.2) is 0 Å². The Morgan fingerprint density at radius 2 is 0.891 bits per heavy atom. The first-order valence-electron chi connectivity index (χ1n) is 16.0. The van der Waals surface area contributed by atoms with Crippen LogP contribution in [0.4, 0.5) is 0 Å². The summed E-state index contributed by atoms with van der Waals surface area (Å²) in [6.45, 7) is 0. The van der Waals surface area contributed by atoms with Crippen molar-refractivity contribution in [2.75, 3.05) is 0 Å². The van der Waals surface area contributed by atoms with Crippen molar-refractivity contribution < 1.29 is 0 Å². The highest BCUT2D eigenvalue weighted by Crippen LogP contribution is 2.63. The first-order chi connectivity index (χ1) is 22.8. The molecule has 0 radical (unpaired) electrons. The van der Waals surface area contributed by atoms with Gasteiger partial charge in [-0.2, -0.15) is 0 Å². The first-order valence-corrected chi connectivity index (χ1v) is 16.8. The lowest BCUT2D eigenvalue weighted by molar-refractivity contribution is 0.775. The molecule has 1 atom stereocenters. The van der Waals surface area contributed by atoms with E-state index < -0.39 is 5.41 Å². The van der Waals surface area contributed by atoms with Crippen molar-refractivity contribution in [1.82, 2.24) is 0 Å². The van der Waals surface area contributed by atoms with Crippen LogP contribution in [-0.2, 0) is 5.41 Å². The van der Waals surface area contributed by atoms with Crippen molar-refractivity contribution in [2.45, 2.75) is 15.2 Å². The van der Waals surface area contributed by atoms with Crippen LogP contribution in [0.5, 0.6) is 0 Å². The van der Waals surface area contributed by atoms with Crippen molar-refractivity contribution in [3.63, 3.8) is 0 Å². The van der Waals surface area contributed by atoms with Gasteiger partial charge in [0, 0.05) is 15.2 Å². The summed E-state index contributed by atoms with van der Waals surface area (Å²) in [5, 5.41) is 5.34. The Labute approximate surface area is 272 Å². The lowest BCUT2D eigenvalue weighted by Gasteiger charge is -2.41. The number of hydrogen-bond donors (Lipinski definition) is 0. The Bertz CT molecular complexity index is 2610. The Hall–Kier alpha value is -5.37. The van der Waals surface area contributed by atoms with Gasteiger partial charge in [-0.3, -0.25) is 0 Å². The van der Waals surface area contributed by atoms with Crippen LogP contribution in [0.3, 0.4) is 0 Å². The van der Waals surface area contributed by atoms with Crippen LogP contribution >= 0.6 is 11.8 Å². The maximum absolute atomic E-state index is 2.45. The topological polar surface area (TPSA) is 0 Å². The van der Waals surface area contributed by atoms with Gasteiger partial charge in [-0.05, 0) is 95.1 Å². The molecule has 46 heavy (non-hydrogen) atoms. The molecule has 8 aromatic rings. The van der Waals surface area contributed by atoms with Crippen LogP contribution in [0, 0.1) is 0 Å². The molecule has 2 aliphatic carbocycles. The monoisotopic (exact) mass is 598 g/mol. The standard InChI is InChI=1S/C45H26S/c1-3-20-37-31(14-1)34-17-5-10-27-12-7-22-39(42(27)34)45(37)38-21-4-2-15-32(38)36-19-9-16-30(44(36)45)29-24-25-33-35-18-6-11-28-13-8-23-40(43(28)35)46-41(33)26-29/h1-26H. The molecule has 1 spiro atoms. The second-order valence-electron chi connectivity index (χ2n) is 12.8. The van der Waals surface area contributed by atoms with E-state index in [0.29, 0.717) is 0 Å². The van der Waals surface area contributed by atoms with Gasteiger partial charge in [0.1, 0.15) is 0 Å². The molecule has 1 unspecified atom stereocenters. The molecule has 212 valence electrons. The largest absolute Gasteiger partial charge is 0.0888 e. The van der Waals surface area contributed by atoms with Gasteiger partial charge in [0.15, 0.2) is 0 Å². The molecule has 1 heteroatoms. The second-order valence-corrected chi connectivity index (χ2v) is 13.8. The molecule has 0 bridgehead atoms. The minimum Gasteiger partial charge on any atom is -0.0888 e. The number of hydrogen-bond acceptors (Lipinski definition) is 1. The van der Waals surface area contributed by atoms with E-state index in [1.54, 1.807) is 0 Å². The lowest BCUT2D eigenvalue weighted by atomic mass is 9.60. The van der Waals surface area contributed by atoms with Gasteiger partial charge in [-0.1, -0.05) is 157 Å². The molecule has 1 heterocycles. The molecule has 1 aliphatic heterocycles. The highest BCUT2D eigenvalue weighted by molar-refractivity contribution is 7.99. The number of rotatable bonds is 1. The molecule has 0 nitrogen and oxygen atoms in total. The molecular formula is C45H26S. The molecule has 0 aromatic heterocycles. The summed E-state index contributed by atoms with van der Waals surface area (Å²) in [6.07, 6.45) is 0. The van der Waals surface area contributed by atoms with E-state index in [0.717, 1.165) is 0 Å². The Morgan fingerprint density at radius 1 is 0.348 bits per heavy atom. The van der Waals surface area contributed by atoms with E-state index in [1.165, 1.54) is 98.1 Å². The van der Waals surface area contributed by atoms with E-state index >= 15 is 0 Å². The molecule has 0 N–H and O–H groups in total. The zero-order valence-electron chi connectivity index (χ0n) is 24.9. The van der Waals surface area contributed by atoms with Crippen LogP contribution in [0.1, 0.15) is 22.3 Å². The first kappa shape index (κ1) is 24.9. The van der Waals surface area contributed by atoms with Crippen LogP contribution in [0.15, 0.2) is 168 Å². The van der Waals surface area contributed by atoms with Crippen LogP contribution < -0.4 is 0 Å². The summed E-state index contributed by atoms with van der Waals surface area (Å²) in [5.74, 6) is 0. The van der Waals surface area contributed by atoms with Crippen molar-refractivity contribution in [1.29, 1.82) is 0 Å². The molecule has 8 aromatic carbocycles. The molecule has 11 rings (SSSR count). The molecule has 0 saturated carbocycles. The highest BCUT2D eigenvalue weighted by Gasteiger charge is 2.51. The number of fused-ring (bicyclic) bond motifs is 11. The highest BCUT2D eigenvalue weighted by atomic mass is 32.2. The van der Waals surface area contributed by atoms with E-state index in [-0.39, 0.29) is 0 Å². The summed E-state index contributed by atoms with van der Waals surface area (Å²) in [6, 6.07) is 59.5. The third-order valence-electron chi connectivity index (χ3n) is 10.7. The molecule has 3 aliphatic rings. The predicted octanol–water partition coefficient (Wildman–Crippen LogP) is 12.1. The second kappa shape index (κ2) is 8.88. The van der Waals surface area contributed by atoms with Crippen LogP contribution in [0.25, 0.3) is 66.1 Å². The van der Waals surface area contributed by atoms with Gasteiger partial charge < -0.3 is 0 Å². The van der Waals surface area contributed by atoms with Gasteiger partial charge in [-0.15, -0.1) is 0 Å². The Balaban J connectivity index is 1.25. The molecular weight excluding hydrogens is 573 g/mol. The van der Waals surface area contributed by atoms with Gasteiger partial charge >= 0.3 is 0 Å². The third-order valence-corrected chi connectivity index (χ3v) is 11.8. The summed E-state index contributed by atoms with van der Waals surface area (Å²) < 4.78 is 0. The van der Waals surface area contributed by atoms with Crippen LogP contribution in [-0.4, -0.2) is 0 Å². The average Bonchev–Trinajstić information content (AvgIpc) is 3.42. The van der Waals surface area contributed by atoms with Gasteiger partial charge in [0.25, 0.3) is 0 Å². The number of benzene rings is 8. The fraction of sp³-hybridized carbons (Fsp3) is 0.0222. The van der Waals surface area contributed by atoms with Crippen molar-refractivity contribution >= 4 is 33.3 Å². The lowest BCUT2D eigenvalue weighted by Crippen LogP contribution is -2.32. The molecule has 0 amide bonds. The van der Waals surface area contributed by atoms with E-state index in [9.17, 15) is 0 Å². The van der Waals surface area contributed by atoms with Gasteiger partial charge in [0.2, 0.25) is 0 Å². The Morgan fingerprint density at radius 3 is 1.67 bits per heavy atom. The maximum Gasteiger partial charge on any atom is 0.0731 e. The minimum absolute atomic E-state index is 0.436. The van der Waals surface area contributed by atoms with Crippen molar-refractivity contribution in [3.05, 3.63) is 180 Å². The fourth-order valence-corrected chi connectivity index (χ4v) is 10.1. The molecule has 0 saturated heterocycles. The summed E-state index contributed by atoms with van der Waals surface area (Å²) in [5.41, 5.74) is 15.6. The summed E-state index contributed by atoms with van der Waals surface area (Å²) in [4.78, 5) is 2.66. The summed E-state index contributed by atoms with van der Waals surface area (Å²) in [7, 11) is 0. The summed E-state index contributed by atoms with van der Waals surface area (Å²) >= 11 is 1.91. The fourth-order valence-electron chi connectivity index (χ4n) is 8.96. The minimum atomic E-state index is -0.436.